The van der Waals surface area contributed by atoms with Gasteiger partial charge in [0.05, 0.1) is 4.88 Å². The van der Waals surface area contributed by atoms with E-state index in [2.05, 4.69) is 5.16 Å². The number of nitrogens with zero attached hydrogens (tertiary/aromatic N) is 1. The van der Waals surface area contributed by atoms with Crippen LogP contribution in [0, 0.1) is 5.82 Å². The number of hydrogen-bond acceptors (Lipinski definition) is 5. The quantitative estimate of drug-likeness (QED) is 0.544. The van der Waals surface area contributed by atoms with Crippen molar-refractivity contribution in [2.75, 3.05) is 0 Å². The van der Waals surface area contributed by atoms with Crippen molar-refractivity contribution < 1.29 is 18.4 Å². The van der Waals surface area contributed by atoms with Crippen LogP contribution in [0.2, 0.25) is 0 Å². The van der Waals surface area contributed by atoms with Crippen molar-refractivity contribution in [3.05, 3.63) is 59.4 Å². The number of thiophene rings is 1. The first-order chi connectivity index (χ1) is 9.72. The molecule has 0 amide bonds. The van der Waals surface area contributed by atoms with Crippen molar-refractivity contribution in [2.24, 2.45) is 0 Å². The molecule has 0 aliphatic heterocycles. The molecule has 4 nitrogen and oxygen atoms in total. The second-order valence-corrected chi connectivity index (χ2v) is 4.84. The minimum atomic E-state index is -0.650. The first-order valence-electron chi connectivity index (χ1n) is 5.71. The van der Waals surface area contributed by atoms with Gasteiger partial charge in [0.15, 0.2) is 11.5 Å². The maximum atomic E-state index is 12.7. The predicted octanol–water partition coefficient (Wildman–Crippen LogP) is 3.76. The van der Waals surface area contributed by atoms with Crippen LogP contribution in [0.15, 0.2) is 52.4 Å². The van der Waals surface area contributed by atoms with Crippen LogP contribution in [-0.2, 0) is 0 Å². The van der Waals surface area contributed by atoms with Crippen LogP contribution in [0.4, 0.5) is 4.39 Å². The Bertz CT molecular complexity index is 719. The summed E-state index contributed by atoms with van der Waals surface area (Å²) in [4.78, 5) is 12.7. The molecule has 1 aromatic carbocycles. The lowest BCUT2D eigenvalue weighted by Crippen LogP contribution is -2.08. The highest BCUT2D eigenvalue weighted by Gasteiger charge is 2.16. The van der Waals surface area contributed by atoms with Crippen LogP contribution in [0.1, 0.15) is 10.5 Å². The van der Waals surface area contributed by atoms with E-state index in [9.17, 15) is 9.18 Å². The second-order valence-electron chi connectivity index (χ2n) is 3.90. The average Bonchev–Trinajstić information content (AvgIpc) is 3.11. The Hall–Kier alpha value is -2.47. The topological polar surface area (TPSA) is 52.3 Å². The molecule has 0 saturated carbocycles. The van der Waals surface area contributed by atoms with E-state index >= 15 is 0 Å². The molecule has 0 unspecified atom stereocenters. The lowest BCUT2D eigenvalue weighted by Gasteiger charge is -2.00. The Morgan fingerprint density at radius 1 is 1.25 bits per heavy atom. The van der Waals surface area contributed by atoms with Gasteiger partial charge in [-0.2, -0.15) is 0 Å². The molecule has 0 radical (unpaired) electrons. The summed E-state index contributed by atoms with van der Waals surface area (Å²) in [5.41, 5.74) is 0.0673. The molecular weight excluding hydrogens is 281 g/mol. The highest BCUT2D eigenvalue weighted by Crippen LogP contribution is 2.25. The molecule has 0 spiro atoms. The van der Waals surface area contributed by atoms with Gasteiger partial charge in [-0.05, 0) is 35.7 Å². The van der Waals surface area contributed by atoms with Crippen LogP contribution >= 0.6 is 11.3 Å². The van der Waals surface area contributed by atoms with Crippen molar-refractivity contribution in [1.29, 1.82) is 0 Å². The summed E-state index contributed by atoms with van der Waals surface area (Å²) in [5, 5.41) is 5.57. The predicted molar refractivity (Wildman–Crippen MR) is 71.2 cm³/mol. The summed E-state index contributed by atoms with van der Waals surface area (Å²) in [5.74, 6) is -0.294. The zero-order chi connectivity index (χ0) is 13.9. The fourth-order valence-corrected chi connectivity index (χ4v) is 2.24. The molecule has 20 heavy (non-hydrogen) atoms. The van der Waals surface area contributed by atoms with Gasteiger partial charge in [-0.1, -0.05) is 11.2 Å². The van der Waals surface area contributed by atoms with Gasteiger partial charge < -0.3 is 9.26 Å². The van der Waals surface area contributed by atoms with E-state index in [4.69, 9.17) is 9.26 Å². The molecule has 0 fully saturated rings. The molecule has 2 heterocycles. The van der Waals surface area contributed by atoms with Gasteiger partial charge in [0, 0.05) is 6.07 Å². The highest BCUT2D eigenvalue weighted by molar-refractivity contribution is 7.13. The van der Waals surface area contributed by atoms with Crippen molar-refractivity contribution in [3.8, 4) is 16.4 Å². The molecule has 0 saturated heterocycles. The third kappa shape index (κ3) is 2.60. The summed E-state index contributed by atoms with van der Waals surface area (Å²) in [6.07, 6.45) is 0. The SMILES string of the molecule is O=C(Oc1ccc(F)cc1)c1cc(-c2cccs2)on1. The Morgan fingerprint density at radius 3 is 2.75 bits per heavy atom. The van der Waals surface area contributed by atoms with Gasteiger partial charge in [-0.15, -0.1) is 11.3 Å². The minimum absolute atomic E-state index is 0.0673. The summed E-state index contributed by atoms with van der Waals surface area (Å²) in [7, 11) is 0. The molecule has 3 rings (SSSR count). The van der Waals surface area contributed by atoms with Gasteiger partial charge >= 0.3 is 5.97 Å². The summed E-state index contributed by atoms with van der Waals surface area (Å²) in [6, 6.07) is 10.4. The number of hydrogen-bond donors (Lipinski definition) is 0. The molecule has 0 N–H and O–H groups in total. The first kappa shape index (κ1) is 12.6. The van der Waals surface area contributed by atoms with Gasteiger partial charge in [0.25, 0.3) is 0 Å². The molecule has 3 aromatic rings. The lowest BCUT2D eigenvalue weighted by atomic mass is 10.3. The third-order valence-electron chi connectivity index (χ3n) is 2.51. The van der Waals surface area contributed by atoms with Crippen LogP contribution in [0.25, 0.3) is 10.6 Å². The van der Waals surface area contributed by atoms with E-state index < -0.39 is 11.8 Å². The molecule has 6 heteroatoms. The van der Waals surface area contributed by atoms with E-state index in [0.717, 1.165) is 4.88 Å². The number of benzene rings is 1. The Balaban J connectivity index is 1.76. The van der Waals surface area contributed by atoms with Crippen LogP contribution in [-0.4, -0.2) is 11.1 Å². The summed E-state index contributed by atoms with van der Waals surface area (Å²) < 4.78 is 22.9. The zero-order valence-corrected chi connectivity index (χ0v) is 10.9. The van der Waals surface area contributed by atoms with E-state index in [0.29, 0.717) is 5.76 Å². The molecule has 0 atom stereocenters. The lowest BCUT2D eigenvalue weighted by molar-refractivity contribution is 0.0724. The van der Waals surface area contributed by atoms with Gasteiger partial charge in [-0.25, -0.2) is 9.18 Å². The molecule has 0 bridgehead atoms. The molecule has 2 aromatic heterocycles. The van der Waals surface area contributed by atoms with Crippen LogP contribution in [0.3, 0.4) is 0 Å². The van der Waals surface area contributed by atoms with Crippen LogP contribution in [0.5, 0.6) is 5.75 Å². The molecular formula is C14H8FNO3S. The number of rotatable bonds is 3. The maximum absolute atomic E-state index is 12.7. The first-order valence-corrected chi connectivity index (χ1v) is 6.59. The fourth-order valence-electron chi connectivity index (χ4n) is 1.57. The van der Waals surface area contributed by atoms with Crippen molar-refractivity contribution in [1.82, 2.24) is 5.16 Å². The Kier molecular flexibility index (Phi) is 3.30. The number of ether oxygens (including phenoxy) is 1. The number of halogens is 1. The smallest absolute Gasteiger partial charge is 0.365 e. The fraction of sp³-hybridized carbons (Fsp3) is 0. The van der Waals surface area contributed by atoms with Crippen molar-refractivity contribution >= 4 is 17.3 Å². The molecule has 0 aliphatic rings. The van der Waals surface area contributed by atoms with Crippen molar-refractivity contribution in [3.63, 3.8) is 0 Å². The highest BCUT2D eigenvalue weighted by atomic mass is 32.1. The van der Waals surface area contributed by atoms with Gasteiger partial charge in [0.2, 0.25) is 0 Å². The number of aromatic nitrogens is 1. The van der Waals surface area contributed by atoms with E-state index in [1.807, 2.05) is 17.5 Å². The second kappa shape index (κ2) is 5.26. The van der Waals surface area contributed by atoms with Crippen LogP contribution < -0.4 is 4.74 Å². The minimum Gasteiger partial charge on any atom is -0.422 e. The summed E-state index contributed by atoms with van der Waals surface area (Å²) in [6.45, 7) is 0. The van der Waals surface area contributed by atoms with E-state index in [-0.39, 0.29) is 11.4 Å². The van der Waals surface area contributed by atoms with Crippen molar-refractivity contribution in [2.45, 2.75) is 0 Å². The summed E-state index contributed by atoms with van der Waals surface area (Å²) >= 11 is 1.48. The number of esters is 1. The van der Waals surface area contributed by atoms with Gasteiger partial charge in [0.1, 0.15) is 11.6 Å². The third-order valence-corrected chi connectivity index (χ3v) is 3.39. The number of carbonyl (C=O) groups excluding carboxylic acids is 1. The average molecular weight is 289 g/mol. The monoisotopic (exact) mass is 289 g/mol. The standard InChI is InChI=1S/C14H8FNO3S/c15-9-3-5-10(6-4-9)18-14(17)11-8-12(19-16-11)13-2-1-7-20-13/h1-8H. The Morgan fingerprint density at radius 2 is 2.05 bits per heavy atom. The largest absolute Gasteiger partial charge is 0.422 e. The van der Waals surface area contributed by atoms with E-state index in [1.54, 1.807) is 0 Å². The van der Waals surface area contributed by atoms with Gasteiger partial charge in [-0.3, -0.25) is 0 Å². The molecule has 0 aliphatic carbocycles. The molecule has 100 valence electrons. The van der Waals surface area contributed by atoms with E-state index in [1.165, 1.54) is 41.7 Å². The maximum Gasteiger partial charge on any atom is 0.365 e. The normalized spacial score (nSPS) is 10.4. The number of carbonyl (C=O) groups is 1. The zero-order valence-electron chi connectivity index (χ0n) is 10.1. The Labute approximate surface area is 117 Å².